The van der Waals surface area contributed by atoms with E-state index < -0.39 is 16.7 Å². The molecule has 0 fully saturated rings. The molecule has 18 heavy (non-hydrogen) atoms. The maximum Gasteiger partial charge on any atom is 0.341 e. The second kappa shape index (κ2) is 5.72. The number of ether oxygens (including phenoxy) is 1. The van der Waals surface area contributed by atoms with Crippen molar-refractivity contribution in [1.82, 2.24) is 0 Å². The molecule has 0 unspecified atom stereocenters. The number of rotatable bonds is 5. The predicted octanol–water partition coefficient (Wildman–Crippen LogP) is 1.90. The van der Waals surface area contributed by atoms with Crippen LogP contribution in [-0.4, -0.2) is 23.3 Å². The standard InChI is InChI=1S/C12H11NO5/c1-3-18-12(15)8(2)11(14)9-4-6-10(7-5-9)13(16)17/h4-7H,2-3H2,1H3. The van der Waals surface area contributed by atoms with Gasteiger partial charge in [0, 0.05) is 17.7 Å². The highest BCUT2D eigenvalue weighted by atomic mass is 16.6. The molecule has 0 bridgehead atoms. The smallest absolute Gasteiger partial charge is 0.341 e. The summed E-state index contributed by atoms with van der Waals surface area (Å²) in [5.41, 5.74) is -0.280. The number of esters is 1. The van der Waals surface area contributed by atoms with Crippen molar-refractivity contribution in [2.24, 2.45) is 0 Å². The zero-order chi connectivity index (χ0) is 13.7. The fourth-order valence-corrected chi connectivity index (χ4v) is 1.22. The molecule has 0 aliphatic carbocycles. The number of nitrogens with zero attached hydrogens (tertiary/aromatic N) is 1. The summed E-state index contributed by atoms with van der Waals surface area (Å²) in [5.74, 6) is -1.40. The number of carbonyl (C=O) groups is 2. The average Bonchev–Trinajstić information content (AvgIpc) is 2.37. The van der Waals surface area contributed by atoms with Gasteiger partial charge in [0.05, 0.1) is 11.5 Å². The number of non-ortho nitro benzene ring substituents is 1. The van der Waals surface area contributed by atoms with E-state index >= 15 is 0 Å². The largest absolute Gasteiger partial charge is 0.462 e. The number of Topliss-reactive ketones (excluding diaryl/α,β-unsaturated/α-hetero) is 1. The van der Waals surface area contributed by atoms with Gasteiger partial charge in [-0.2, -0.15) is 0 Å². The van der Waals surface area contributed by atoms with Crippen LogP contribution in [0.15, 0.2) is 36.4 Å². The molecular weight excluding hydrogens is 238 g/mol. The number of nitro benzene ring substituents is 1. The number of carbonyl (C=O) groups excluding carboxylic acids is 2. The summed E-state index contributed by atoms with van der Waals surface area (Å²) in [5, 5.41) is 10.4. The molecule has 0 spiro atoms. The van der Waals surface area contributed by atoms with Gasteiger partial charge in [0.1, 0.15) is 5.57 Å². The van der Waals surface area contributed by atoms with E-state index in [1.165, 1.54) is 24.3 Å². The van der Waals surface area contributed by atoms with E-state index in [1.54, 1.807) is 6.92 Å². The Balaban J connectivity index is 2.87. The van der Waals surface area contributed by atoms with Crippen molar-refractivity contribution in [3.8, 4) is 0 Å². The van der Waals surface area contributed by atoms with Crippen LogP contribution >= 0.6 is 0 Å². The minimum atomic E-state index is -0.791. The minimum Gasteiger partial charge on any atom is -0.462 e. The van der Waals surface area contributed by atoms with Crippen molar-refractivity contribution in [2.45, 2.75) is 6.92 Å². The van der Waals surface area contributed by atoms with Crippen LogP contribution in [0.4, 0.5) is 5.69 Å². The van der Waals surface area contributed by atoms with Crippen LogP contribution in [-0.2, 0) is 9.53 Å². The number of nitro groups is 1. The Kier molecular flexibility index (Phi) is 4.31. The van der Waals surface area contributed by atoms with Crippen LogP contribution < -0.4 is 0 Å². The maximum absolute atomic E-state index is 11.8. The highest BCUT2D eigenvalue weighted by Crippen LogP contribution is 2.14. The van der Waals surface area contributed by atoms with Crippen LogP contribution in [0.1, 0.15) is 17.3 Å². The lowest BCUT2D eigenvalue weighted by atomic mass is 10.0. The van der Waals surface area contributed by atoms with Crippen molar-refractivity contribution in [3.63, 3.8) is 0 Å². The van der Waals surface area contributed by atoms with E-state index in [4.69, 9.17) is 0 Å². The van der Waals surface area contributed by atoms with E-state index in [1.807, 2.05) is 0 Å². The highest BCUT2D eigenvalue weighted by Gasteiger charge is 2.19. The molecular formula is C12H11NO5. The van der Waals surface area contributed by atoms with Gasteiger partial charge in [-0.3, -0.25) is 14.9 Å². The number of hydrogen-bond donors (Lipinski definition) is 0. The number of ketones is 1. The molecule has 6 nitrogen and oxygen atoms in total. The normalized spacial score (nSPS) is 9.61. The second-order valence-corrected chi connectivity index (χ2v) is 3.33. The van der Waals surface area contributed by atoms with Gasteiger partial charge in [0.25, 0.3) is 5.69 Å². The van der Waals surface area contributed by atoms with Crippen molar-refractivity contribution in [1.29, 1.82) is 0 Å². The van der Waals surface area contributed by atoms with E-state index in [-0.39, 0.29) is 23.4 Å². The summed E-state index contributed by atoms with van der Waals surface area (Å²) in [6.45, 7) is 5.11. The van der Waals surface area contributed by atoms with E-state index in [0.29, 0.717) is 0 Å². The Bertz CT molecular complexity index is 504. The third kappa shape index (κ3) is 3.00. The molecule has 0 aromatic heterocycles. The molecule has 0 saturated carbocycles. The van der Waals surface area contributed by atoms with Gasteiger partial charge in [-0.15, -0.1) is 0 Å². The van der Waals surface area contributed by atoms with Crippen molar-refractivity contribution < 1.29 is 19.2 Å². The monoisotopic (exact) mass is 249 g/mol. The van der Waals surface area contributed by atoms with E-state index in [2.05, 4.69) is 11.3 Å². The SMILES string of the molecule is C=C(C(=O)OCC)C(=O)c1ccc([N+](=O)[O-])cc1. The first-order valence-electron chi connectivity index (χ1n) is 5.12. The fourth-order valence-electron chi connectivity index (χ4n) is 1.22. The zero-order valence-corrected chi connectivity index (χ0v) is 9.71. The molecule has 0 amide bonds. The highest BCUT2D eigenvalue weighted by molar-refractivity contribution is 6.23. The van der Waals surface area contributed by atoms with Gasteiger partial charge in [-0.05, 0) is 19.1 Å². The third-order valence-corrected chi connectivity index (χ3v) is 2.14. The summed E-state index contributed by atoms with van der Waals surface area (Å²) >= 11 is 0. The maximum atomic E-state index is 11.8. The Morgan fingerprint density at radius 1 is 1.33 bits per heavy atom. The lowest BCUT2D eigenvalue weighted by molar-refractivity contribution is -0.384. The van der Waals surface area contributed by atoms with Gasteiger partial charge in [-0.1, -0.05) is 6.58 Å². The van der Waals surface area contributed by atoms with Gasteiger partial charge in [0.15, 0.2) is 5.78 Å². The molecule has 0 saturated heterocycles. The molecule has 0 aliphatic rings. The molecule has 1 aromatic carbocycles. The first-order chi connectivity index (χ1) is 8.47. The second-order valence-electron chi connectivity index (χ2n) is 3.33. The van der Waals surface area contributed by atoms with Crippen LogP contribution in [0.5, 0.6) is 0 Å². The molecule has 0 radical (unpaired) electrons. The lowest BCUT2D eigenvalue weighted by Crippen LogP contribution is -2.15. The number of benzene rings is 1. The zero-order valence-electron chi connectivity index (χ0n) is 9.71. The first-order valence-corrected chi connectivity index (χ1v) is 5.12. The van der Waals surface area contributed by atoms with Gasteiger partial charge in [0.2, 0.25) is 0 Å². The van der Waals surface area contributed by atoms with Gasteiger partial charge >= 0.3 is 5.97 Å². The first kappa shape index (κ1) is 13.6. The van der Waals surface area contributed by atoms with Crippen LogP contribution in [0.3, 0.4) is 0 Å². The number of hydrogen-bond acceptors (Lipinski definition) is 5. The van der Waals surface area contributed by atoms with Gasteiger partial charge < -0.3 is 4.74 Å². The predicted molar refractivity (Wildman–Crippen MR) is 63.2 cm³/mol. The Morgan fingerprint density at radius 3 is 2.33 bits per heavy atom. The molecule has 1 aromatic rings. The lowest BCUT2D eigenvalue weighted by Gasteiger charge is -2.04. The Labute approximate surface area is 103 Å². The molecule has 0 aliphatic heterocycles. The average molecular weight is 249 g/mol. The third-order valence-electron chi connectivity index (χ3n) is 2.14. The van der Waals surface area contributed by atoms with E-state index in [0.717, 1.165) is 0 Å². The topological polar surface area (TPSA) is 86.5 Å². The summed E-state index contributed by atoms with van der Waals surface area (Å²) in [6.07, 6.45) is 0. The summed E-state index contributed by atoms with van der Waals surface area (Å²) in [4.78, 5) is 32.9. The minimum absolute atomic E-state index is 0.131. The molecule has 0 N–H and O–H groups in total. The van der Waals surface area contributed by atoms with E-state index in [9.17, 15) is 19.7 Å². The van der Waals surface area contributed by atoms with Crippen LogP contribution in [0.25, 0.3) is 0 Å². The molecule has 0 heterocycles. The van der Waals surface area contributed by atoms with Crippen LogP contribution in [0.2, 0.25) is 0 Å². The fraction of sp³-hybridized carbons (Fsp3) is 0.167. The Hall–Kier alpha value is -2.50. The Morgan fingerprint density at radius 2 is 1.89 bits per heavy atom. The molecule has 94 valence electrons. The summed E-state index contributed by atoms with van der Waals surface area (Å²) in [7, 11) is 0. The molecule has 0 atom stereocenters. The summed E-state index contributed by atoms with van der Waals surface area (Å²) < 4.78 is 4.64. The molecule has 1 rings (SSSR count). The molecule has 6 heteroatoms. The van der Waals surface area contributed by atoms with Crippen molar-refractivity contribution >= 4 is 17.4 Å². The van der Waals surface area contributed by atoms with Gasteiger partial charge in [-0.25, -0.2) is 4.79 Å². The van der Waals surface area contributed by atoms with Crippen molar-refractivity contribution in [2.75, 3.05) is 6.61 Å². The quantitative estimate of drug-likeness (QED) is 0.151. The van der Waals surface area contributed by atoms with Crippen LogP contribution in [0, 0.1) is 10.1 Å². The summed E-state index contributed by atoms with van der Waals surface area (Å²) in [6, 6.07) is 4.91. The van der Waals surface area contributed by atoms with Crippen molar-refractivity contribution in [3.05, 3.63) is 52.1 Å².